The number of nitrogens with one attached hydrogen (secondary N) is 1. The van der Waals surface area contributed by atoms with Gasteiger partial charge in [-0.3, -0.25) is 0 Å². The molecule has 0 saturated heterocycles. The van der Waals surface area contributed by atoms with E-state index < -0.39 is 12.0 Å². The second kappa shape index (κ2) is 7.89. The summed E-state index contributed by atoms with van der Waals surface area (Å²) >= 11 is 1.32. The number of hydrogen-bond acceptors (Lipinski definition) is 3. The Morgan fingerprint density at radius 1 is 1.45 bits per heavy atom. The first kappa shape index (κ1) is 16.5. The molecule has 0 saturated carbocycles. The largest absolute Gasteiger partial charge is 0.479 e. The zero-order valence-corrected chi connectivity index (χ0v) is 12.9. The standard InChI is InChI=1S/C14H22N2O3S/c1-4-10(3)9-16(5-2)14(19)15-12(13(17)18)11-7-6-8-20-11/h6-8,10,12H,4-5,9H2,1-3H3,(H,15,19)(H,17,18). The average molecular weight is 298 g/mol. The van der Waals surface area contributed by atoms with Crippen molar-refractivity contribution in [3.05, 3.63) is 22.4 Å². The molecule has 0 spiro atoms. The summed E-state index contributed by atoms with van der Waals surface area (Å²) in [7, 11) is 0. The summed E-state index contributed by atoms with van der Waals surface area (Å²) in [5.41, 5.74) is 0. The van der Waals surface area contributed by atoms with Crippen molar-refractivity contribution in [3.63, 3.8) is 0 Å². The quantitative estimate of drug-likeness (QED) is 0.813. The van der Waals surface area contributed by atoms with Gasteiger partial charge in [-0.2, -0.15) is 0 Å². The number of urea groups is 1. The van der Waals surface area contributed by atoms with Gasteiger partial charge in [0.05, 0.1) is 0 Å². The maximum absolute atomic E-state index is 12.2. The van der Waals surface area contributed by atoms with Gasteiger partial charge >= 0.3 is 12.0 Å². The third kappa shape index (κ3) is 4.52. The zero-order valence-electron chi connectivity index (χ0n) is 12.1. The molecule has 2 unspecified atom stereocenters. The topological polar surface area (TPSA) is 69.6 Å². The Morgan fingerprint density at radius 2 is 2.15 bits per heavy atom. The number of aliphatic carboxylic acids is 1. The first-order valence-electron chi connectivity index (χ1n) is 6.81. The molecule has 112 valence electrons. The Bertz CT molecular complexity index is 434. The van der Waals surface area contributed by atoms with Crippen molar-refractivity contribution in [2.24, 2.45) is 5.92 Å². The van der Waals surface area contributed by atoms with E-state index in [2.05, 4.69) is 19.2 Å². The highest BCUT2D eigenvalue weighted by atomic mass is 32.1. The van der Waals surface area contributed by atoms with Gasteiger partial charge in [-0.05, 0) is 24.3 Å². The molecule has 0 aliphatic rings. The molecule has 1 aromatic heterocycles. The van der Waals surface area contributed by atoms with Gasteiger partial charge in [0.2, 0.25) is 0 Å². The molecule has 20 heavy (non-hydrogen) atoms. The lowest BCUT2D eigenvalue weighted by Gasteiger charge is -2.26. The van der Waals surface area contributed by atoms with Crippen LogP contribution in [0, 0.1) is 5.92 Å². The summed E-state index contributed by atoms with van der Waals surface area (Å²) in [4.78, 5) is 25.8. The smallest absolute Gasteiger partial charge is 0.331 e. The van der Waals surface area contributed by atoms with E-state index in [0.717, 1.165) is 6.42 Å². The lowest BCUT2D eigenvalue weighted by molar-refractivity contribution is -0.139. The molecule has 2 atom stereocenters. The molecule has 0 aliphatic heterocycles. The molecule has 6 heteroatoms. The van der Waals surface area contributed by atoms with E-state index in [1.165, 1.54) is 11.3 Å². The van der Waals surface area contributed by atoms with Crippen molar-refractivity contribution in [1.82, 2.24) is 10.2 Å². The highest BCUT2D eigenvalue weighted by Crippen LogP contribution is 2.19. The predicted molar refractivity (Wildman–Crippen MR) is 79.9 cm³/mol. The number of amides is 2. The highest BCUT2D eigenvalue weighted by molar-refractivity contribution is 7.10. The minimum atomic E-state index is -1.04. The minimum absolute atomic E-state index is 0.325. The molecule has 1 aromatic rings. The lowest BCUT2D eigenvalue weighted by Crippen LogP contribution is -2.45. The van der Waals surface area contributed by atoms with Crippen LogP contribution < -0.4 is 5.32 Å². The van der Waals surface area contributed by atoms with Crippen LogP contribution in [0.25, 0.3) is 0 Å². The third-order valence-corrected chi connectivity index (χ3v) is 4.18. The normalized spacial score (nSPS) is 13.6. The van der Waals surface area contributed by atoms with Crippen LogP contribution in [0.5, 0.6) is 0 Å². The van der Waals surface area contributed by atoms with Crippen molar-refractivity contribution < 1.29 is 14.7 Å². The first-order valence-corrected chi connectivity index (χ1v) is 7.69. The van der Waals surface area contributed by atoms with Gasteiger partial charge in [-0.1, -0.05) is 26.3 Å². The average Bonchev–Trinajstić information content (AvgIpc) is 2.94. The van der Waals surface area contributed by atoms with E-state index in [0.29, 0.717) is 23.9 Å². The van der Waals surface area contributed by atoms with Crippen LogP contribution in [0.3, 0.4) is 0 Å². The number of thiophene rings is 1. The molecule has 2 amide bonds. The summed E-state index contributed by atoms with van der Waals surface area (Å²) in [6, 6.07) is 2.19. The van der Waals surface area contributed by atoms with Crippen LogP contribution in [-0.2, 0) is 4.79 Å². The Balaban J connectivity index is 2.72. The fourth-order valence-electron chi connectivity index (χ4n) is 1.79. The number of carboxylic acids is 1. The van der Waals surface area contributed by atoms with Crippen molar-refractivity contribution in [1.29, 1.82) is 0 Å². The Hall–Kier alpha value is -1.56. The van der Waals surface area contributed by atoms with Gasteiger partial charge in [-0.25, -0.2) is 9.59 Å². The van der Waals surface area contributed by atoms with E-state index in [1.807, 2.05) is 6.92 Å². The number of nitrogens with zero attached hydrogens (tertiary/aromatic N) is 1. The first-order chi connectivity index (χ1) is 9.49. The molecular formula is C14H22N2O3S. The van der Waals surface area contributed by atoms with Crippen molar-refractivity contribution in [3.8, 4) is 0 Å². The van der Waals surface area contributed by atoms with Gasteiger partial charge < -0.3 is 15.3 Å². The van der Waals surface area contributed by atoms with Crippen LogP contribution in [0.4, 0.5) is 4.79 Å². The molecule has 1 heterocycles. The molecule has 1 rings (SSSR count). The van der Waals surface area contributed by atoms with Crippen LogP contribution in [0.1, 0.15) is 38.1 Å². The summed E-state index contributed by atoms with van der Waals surface area (Å²) in [6.45, 7) is 7.23. The molecular weight excluding hydrogens is 276 g/mol. The molecule has 5 nitrogen and oxygen atoms in total. The second-order valence-corrected chi connectivity index (χ2v) is 5.77. The van der Waals surface area contributed by atoms with Gasteiger partial charge in [0, 0.05) is 18.0 Å². The van der Waals surface area contributed by atoms with Crippen LogP contribution >= 0.6 is 11.3 Å². The van der Waals surface area contributed by atoms with Gasteiger partial charge in [0.25, 0.3) is 0 Å². The predicted octanol–water partition coefficient (Wildman–Crippen LogP) is 2.95. The van der Waals surface area contributed by atoms with E-state index >= 15 is 0 Å². The lowest BCUT2D eigenvalue weighted by atomic mass is 10.1. The van der Waals surface area contributed by atoms with Crippen molar-refractivity contribution >= 4 is 23.3 Å². The second-order valence-electron chi connectivity index (χ2n) is 4.79. The van der Waals surface area contributed by atoms with Crippen molar-refractivity contribution in [2.75, 3.05) is 13.1 Å². The summed E-state index contributed by atoms with van der Waals surface area (Å²) in [6.07, 6.45) is 0.983. The Morgan fingerprint density at radius 3 is 2.60 bits per heavy atom. The number of carboxylic acid groups (broad SMARTS) is 1. The molecule has 0 bridgehead atoms. The van der Waals surface area contributed by atoms with E-state index in [1.54, 1.807) is 22.4 Å². The molecule has 0 aliphatic carbocycles. The summed E-state index contributed by atoms with van der Waals surface area (Å²) < 4.78 is 0. The van der Waals surface area contributed by atoms with Crippen LogP contribution in [-0.4, -0.2) is 35.1 Å². The fourth-order valence-corrected chi connectivity index (χ4v) is 2.55. The summed E-state index contributed by atoms with van der Waals surface area (Å²) in [5, 5.41) is 13.6. The Kier molecular flexibility index (Phi) is 6.51. The maximum Gasteiger partial charge on any atom is 0.331 e. The molecule has 0 aromatic carbocycles. The van der Waals surface area contributed by atoms with Gasteiger partial charge in [0.15, 0.2) is 6.04 Å². The number of hydrogen-bond donors (Lipinski definition) is 2. The van der Waals surface area contributed by atoms with Gasteiger partial charge in [0.1, 0.15) is 0 Å². The summed E-state index contributed by atoms with van der Waals surface area (Å²) in [5.74, 6) is -0.647. The molecule has 0 radical (unpaired) electrons. The maximum atomic E-state index is 12.2. The van der Waals surface area contributed by atoms with E-state index in [-0.39, 0.29) is 6.03 Å². The number of carbonyl (C=O) groups excluding carboxylic acids is 1. The molecule has 0 fully saturated rings. The van der Waals surface area contributed by atoms with Crippen LogP contribution in [0.15, 0.2) is 17.5 Å². The van der Waals surface area contributed by atoms with Gasteiger partial charge in [-0.15, -0.1) is 11.3 Å². The van der Waals surface area contributed by atoms with Crippen molar-refractivity contribution in [2.45, 2.75) is 33.2 Å². The Labute approximate surface area is 123 Å². The highest BCUT2D eigenvalue weighted by Gasteiger charge is 2.25. The zero-order chi connectivity index (χ0) is 15.1. The molecule has 2 N–H and O–H groups in total. The van der Waals surface area contributed by atoms with E-state index in [4.69, 9.17) is 0 Å². The fraction of sp³-hybridized carbons (Fsp3) is 0.571. The van der Waals surface area contributed by atoms with Crippen LogP contribution in [0.2, 0.25) is 0 Å². The third-order valence-electron chi connectivity index (χ3n) is 3.24. The number of rotatable bonds is 7. The number of carbonyl (C=O) groups is 2. The minimum Gasteiger partial charge on any atom is -0.479 e. The van der Waals surface area contributed by atoms with E-state index in [9.17, 15) is 14.7 Å². The monoisotopic (exact) mass is 298 g/mol. The SMILES string of the molecule is CCC(C)CN(CC)C(=O)NC(C(=O)O)c1cccs1.